The molecule has 100 valence electrons. The van der Waals surface area contributed by atoms with Crippen molar-refractivity contribution in [1.29, 1.82) is 0 Å². The first-order valence-electron chi connectivity index (χ1n) is 6.13. The van der Waals surface area contributed by atoms with Gasteiger partial charge in [0.1, 0.15) is 11.5 Å². The van der Waals surface area contributed by atoms with Gasteiger partial charge >= 0.3 is 5.97 Å². The summed E-state index contributed by atoms with van der Waals surface area (Å²) in [7, 11) is 1.40. The van der Waals surface area contributed by atoms with Gasteiger partial charge in [0.15, 0.2) is 0 Å². The quantitative estimate of drug-likeness (QED) is 0.758. The molecule has 2 rings (SSSR count). The van der Waals surface area contributed by atoms with Crippen LogP contribution in [0.2, 0.25) is 0 Å². The zero-order valence-corrected chi connectivity index (χ0v) is 10.8. The number of ether oxygens (including phenoxy) is 2. The Hall–Kier alpha value is -1.33. The van der Waals surface area contributed by atoms with E-state index in [1.807, 2.05) is 19.1 Å². The Balaban J connectivity index is 1.84. The Labute approximate surface area is 107 Å². The largest absolute Gasteiger partial charge is 0.469 e. The van der Waals surface area contributed by atoms with Gasteiger partial charge < -0.3 is 13.9 Å². The highest BCUT2D eigenvalue weighted by atomic mass is 16.5. The number of furan rings is 1. The third-order valence-corrected chi connectivity index (χ3v) is 3.02. The van der Waals surface area contributed by atoms with Crippen molar-refractivity contribution in [2.75, 3.05) is 26.8 Å². The summed E-state index contributed by atoms with van der Waals surface area (Å²) in [5, 5.41) is 0. The van der Waals surface area contributed by atoms with E-state index in [0.717, 1.165) is 31.2 Å². The van der Waals surface area contributed by atoms with Gasteiger partial charge in [0, 0.05) is 13.1 Å². The molecular weight excluding hydrogens is 234 g/mol. The van der Waals surface area contributed by atoms with E-state index in [2.05, 4.69) is 9.64 Å². The number of morpholine rings is 1. The molecule has 0 radical (unpaired) electrons. The van der Waals surface area contributed by atoms with E-state index in [-0.39, 0.29) is 12.1 Å². The lowest BCUT2D eigenvalue weighted by molar-refractivity contribution is -0.145. The fourth-order valence-corrected chi connectivity index (χ4v) is 2.11. The van der Waals surface area contributed by atoms with Crippen molar-refractivity contribution in [2.24, 2.45) is 0 Å². The summed E-state index contributed by atoms with van der Waals surface area (Å²) in [6.45, 7) is 4.92. The normalized spacial score (nSPS) is 20.9. The Kier molecular flexibility index (Phi) is 4.38. The second-order valence-electron chi connectivity index (χ2n) is 4.52. The maximum Gasteiger partial charge on any atom is 0.308 e. The molecular formula is C13H19NO4. The number of esters is 1. The summed E-state index contributed by atoms with van der Waals surface area (Å²) in [6.07, 6.45) is 0.228. The maximum absolute atomic E-state index is 11.2. The third kappa shape index (κ3) is 3.58. The molecule has 0 aromatic carbocycles. The number of rotatable bonds is 4. The monoisotopic (exact) mass is 253 g/mol. The molecule has 0 spiro atoms. The Morgan fingerprint density at radius 3 is 3.06 bits per heavy atom. The van der Waals surface area contributed by atoms with Crippen LogP contribution in [0, 0.1) is 6.92 Å². The lowest BCUT2D eigenvalue weighted by Gasteiger charge is -2.31. The molecule has 0 bridgehead atoms. The smallest absolute Gasteiger partial charge is 0.308 e. The molecule has 18 heavy (non-hydrogen) atoms. The van der Waals surface area contributed by atoms with Crippen LogP contribution in [0.15, 0.2) is 16.5 Å². The highest BCUT2D eigenvalue weighted by Gasteiger charge is 2.23. The number of hydrogen-bond acceptors (Lipinski definition) is 5. The maximum atomic E-state index is 11.2. The van der Waals surface area contributed by atoms with Crippen molar-refractivity contribution in [2.45, 2.75) is 26.0 Å². The Morgan fingerprint density at radius 2 is 2.39 bits per heavy atom. The first kappa shape index (κ1) is 13.1. The average Bonchev–Trinajstić information content (AvgIpc) is 2.75. The van der Waals surface area contributed by atoms with Gasteiger partial charge in [-0.15, -0.1) is 0 Å². The van der Waals surface area contributed by atoms with E-state index < -0.39 is 0 Å². The number of nitrogens with zero attached hydrogens (tertiary/aromatic N) is 1. The van der Waals surface area contributed by atoms with E-state index >= 15 is 0 Å². The number of hydrogen-bond donors (Lipinski definition) is 0. The van der Waals surface area contributed by atoms with Crippen LogP contribution in [0.5, 0.6) is 0 Å². The summed E-state index contributed by atoms with van der Waals surface area (Å²) in [4.78, 5) is 13.4. The molecule has 1 aliphatic rings. The molecule has 1 aliphatic heterocycles. The molecule has 2 heterocycles. The van der Waals surface area contributed by atoms with Gasteiger partial charge in [-0.05, 0) is 19.1 Å². The molecule has 1 aromatic heterocycles. The van der Waals surface area contributed by atoms with Crippen LogP contribution in [-0.2, 0) is 20.8 Å². The molecule has 0 N–H and O–H groups in total. The van der Waals surface area contributed by atoms with Crippen LogP contribution in [0.25, 0.3) is 0 Å². The minimum absolute atomic E-state index is 0.0812. The van der Waals surface area contributed by atoms with Crippen molar-refractivity contribution in [3.63, 3.8) is 0 Å². The zero-order valence-electron chi connectivity index (χ0n) is 10.8. The van der Waals surface area contributed by atoms with Crippen LogP contribution < -0.4 is 0 Å². The van der Waals surface area contributed by atoms with E-state index in [1.165, 1.54) is 7.11 Å². The van der Waals surface area contributed by atoms with Crippen molar-refractivity contribution >= 4 is 5.97 Å². The fourth-order valence-electron chi connectivity index (χ4n) is 2.11. The SMILES string of the molecule is COC(=O)CC1CN(Cc2ccc(C)o2)CCO1. The summed E-state index contributed by atoms with van der Waals surface area (Å²) in [5.74, 6) is 1.64. The standard InChI is InChI=1S/C13H19NO4/c1-10-3-4-11(18-10)8-14-5-6-17-12(9-14)7-13(15)16-2/h3-4,12H,5-9H2,1-2H3. The summed E-state index contributed by atoms with van der Waals surface area (Å²) >= 11 is 0. The van der Waals surface area contributed by atoms with Crippen LogP contribution in [0.3, 0.4) is 0 Å². The molecule has 5 heteroatoms. The minimum atomic E-state index is -0.226. The second-order valence-corrected chi connectivity index (χ2v) is 4.52. The molecule has 0 aliphatic carbocycles. The predicted octanol–water partition coefficient (Wildman–Crippen LogP) is 1.35. The van der Waals surface area contributed by atoms with Crippen molar-refractivity contribution in [3.05, 3.63) is 23.7 Å². The van der Waals surface area contributed by atoms with Gasteiger partial charge in [-0.2, -0.15) is 0 Å². The van der Waals surface area contributed by atoms with E-state index in [1.54, 1.807) is 0 Å². The fraction of sp³-hybridized carbons (Fsp3) is 0.615. The van der Waals surface area contributed by atoms with Gasteiger partial charge in [-0.1, -0.05) is 0 Å². The number of carbonyl (C=O) groups excluding carboxylic acids is 1. The van der Waals surface area contributed by atoms with Crippen LogP contribution >= 0.6 is 0 Å². The van der Waals surface area contributed by atoms with Crippen molar-refractivity contribution in [1.82, 2.24) is 4.90 Å². The highest BCUT2D eigenvalue weighted by Crippen LogP contribution is 2.14. The zero-order chi connectivity index (χ0) is 13.0. The second kappa shape index (κ2) is 6.02. The number of methoxy groups -OCH3 is 1. The van der Waals surface area contributed by atoms with Crippen molar-refractivity contribution in [3.8, 4) is 0 Å². The topological polar surface area (TPSA) is 51.9 Å². The van der Waals surface area contributed by atoms with Gasteiger partial charge in [0.05, 0.1) is 32.8 Å². The molecule has 1 atom stereocenters. The number of carbonyl (C=O) groups is 1. The van der Waals surface area contributed by atoms with E-state index in [4.69, 9.17) is 9.15 Å². The number of aryl methyl sites for hydroxylation is 1. The predicted molar refractivity (Wildman–Crippen MR) is 65.1 cm³/mol. The Bertz CT molecular complexity index is 401. The van der Waals surface area contributed by atoms with Gasteiger partial charge in [0.25, 0.3) is 0 Å². The lowest BCUT2D eigenvalue weighted by atomic mass is 10.2. The van der Waals surface area contributed by atoms with Gasteiger partial charge in [0.2, 0.25) is 0 Å². The van der Waals surface area contributed by atoms with Crippen molar-refractivity contribution < 1.29 is 18.7 Å². The van der Waals surface area contributed by atoms with Gasteiger partial charge in [-0.25, -0.2) is 0 Å². The minimum Gasteiger partial charge on any atom is -0.469 e. The first-order chi connectivity index (χ1) is 8.67. The molecule has 1 saturated heterocycles. The van der Waals surface area contributed by atoms with Gasteiger partial charge in [-0.3, -0.25) is 9.69 Å². The first-order valence-corrected chi connectivity index (χ1v) is 6.13. The molecule has 0 amide bonds. The van der Waals surface area contributed by atoms with Crippen LogP contribution in [-0.4, -0.2) is 43.8 Å². The summed E-state index contributed by atoms with van der Waals surface area (Å²) in [6, 6.07) is 3.95. The lowest BCUT2D eigenvalue weighted by Crippen LogP contribution is -2.42. The third-order valence-electron chi connectivity index (χ3n) is 3.02. The Morgan fingerprint density at radius 1 is 1.56 bits per heavy atom. The molecule has 0 saturated carbocycles. The van der Waals surface area contributed by atoms with Crippen LogP contribution in [0.1, 0.15) is 17.9 Å². The highest BCUT2D eigenvalue weighted by molar-refractivity contribution is 5.69. The average molecular weight is 253 g/mol. The summed E-state index contributed by atoms with van der Waals surface area (Å²) in [5.41, 5.74) is 0. The van der Waals surface area contributed by atoms with E-state index in [9.17, 15) is 4.79 Å². The summed E-state index contributed by atoms with van der Waals surface area (Å²) < 4.78 is 15.8. The molecule has 1 aromatic rings. The molecule has 1 unspecified atom stereocenters. The molecule has 5 nitrogen and oxygen atoms in total. The van der Waals surface area contributed by atoms with E-state index in [0.29, 0.717) is 13.0 Å². The molecule has 1 fully saturated rings. The van der Waals surface area contributed by atoms with Crippen LogP contribution in [0.4, 0.5) is 0 Å².